The molecule has 3 heterocycles. The van der Waals surface area contributed by atoms with Gasteiger partial charge < -0.3 is 9.32 Å². The lowest BCUT2D eigenvalue weighted by atomic mass is 10.2. The van der Waals surface area contributed by atoms with Crippen molar-refractivity contribution < 1.29 is 9.21 Å². The van der Waals surface area contributed by atoms with Crippen molar-refractivity contribution in [3.05, 3.63) is 58.8 Å². The Morgan fingerprint density at radius 3 is 2.74 bits per heavy atom. The van der Waals surface area contributed by atoms with Crippen LogP contribution >= 0.6 is 11.8 Å². The lowest BCUT2D eigenvalue weighted by molar-refractivity contribution is -0.129. The van der Waals surface area contributed by atoms with Gasteiger partial charge in [0, 0.05) is 13.1 Å². The van der Waals surface area contributed by atoms with E-state index < -0.39 is 0 Å². The predicted octanol–water partition coefficient (Wildman–Crippen LogP) is 3.14. The molecule has 0 bridgehead atoms. The van der Waals surface area contributed by atoms with Crippen molar-refractivity contribution in [1.82, 2.24) is 14.5 Å². The third-order valence-corrected chi connectivity index (χ3v) is 5.85. The van der Waals surface area contributed by atoms with Gasteiger partial charge in [-0.25, -0.2) is 4.98 Å². The third kappa shape index (κ3) is 3.64. The topological polar surface area (TPSA) is 68.3 Å². The number of hydrogen-bond donors (Lipinski definition) is 0. The molecule has 0 saturated carbocycles. The second kappa shape index (κ2) is 7.60. The highest BCUT2D eigenvalue weighted by Gasteiger charge is 2.26. The van der Waals surface area contributed by atoms with Crippen LogP contribution in [0.3, 0.4) is 0 Å². The van der Waals surface area contributed by atoms with Crippen molar-refractivity contribution in [3.8, 4) is 0 Å². The molecule has 6 nitrogen and oxygen atoms in total. The molecule has 7 heteroatoms. The fourth-order valence-corrected chi connectivity index (χ4v) is 4.33. The summed E-state index contributed by atoms with van der Waals surface area (Å²) in [6.45, 7) is 3.79. The number of carbonyl (C=O) groups excluding carboxylic acids is 1. The first kappa shape index (κ1) is 17.9. The summed E-state index contributed by atoms with van der Waals surface area (Å²) in [7, 11) is 0. The molecule has 0 aliphatic carbocycles. The second-order valence-electron chi connectivity index (χ2n) is 6.67. The molecule has 140 valence electrons. The molecule has 27 heavy (non-hydrogen) atoms. The van der Waals surface area contributed by atoms with Gasteiger partial charge in [0.15, 0.2) is 5.16 Å². The Kier molecular flexibility index (Phi) is 5.03. The van der Waals surface area contributed by atoms with E-state index in [0.717, 1.165) is 25.9 Å². The molecule has 2 aromatic heterocycles. The highest BCUT2D eigenvalue weighted by molar-refractivity contribution is 8.00. The van der Waals surface area contributed by atoms with Gasteiger partial charge in [-0.05, 0) is 44.0 Å². The van der Waals surface area contributed by atoms with Gasteiger partial charge in [0.05, 0.1) is 29.0 Å². The van der Waals surface area contributed by atoms with Gasteiger partial charge in [0.2, 0.25) is 5.91 Å². The Balaban J connectivity index is 1.71. The van der Waals surface area contributed by atoms with Crippen LogP contribution in [0, 0.1) is 0 Å². The molecule has 1 amide bonds. The van der Waals surface area contributed by atoms with E-state index in [4.69, 9.17) is 4.42 Å². The molecule has 1 aliphatic heterocycles. The van der Waals surface area contributed by atoms with Gasteiger partial charge in [-0.15, -0.1) is 0 Å². The summed E-state index contributed by atoms with van der Waals surface area (Å²) in [5.74, 6) is 0.777. The Bertz CT molecular complexity index is 1010. The number of nitrogens with zero attached hydrogens (tertiary/aromatic N) is 3. The number of fused-ring (bicyclic) bond motifs is 1. The smallest absolute Gasteiger partial charge is 0.262 e. The van der Waals surface area contributed by atoms with E-state index in [2.05, 4.69) is 4.98 Å². The Morgan fingerprint density at radius 1 is 1.22 bits per heavy atom. The SMILES string of the molecule is CC(Sc1nc2ccccc2c(=O)n1Cc1ccco1)C(=O)N1CCCC1. The largest absolute Gasteiger partial charge is 0.467 e. The van der Waals surface area contributed by atoms with Crippen LogP contribution in [0.5, 0.6) is 0 Å². The number of para-hydroxylation sites is 1. The number of amides is 1. The molecule has 3 aromatic rings. The number of carbonyl (C=O) groups is 1. The van der Waals surface area contributed by atoms with Crippen LogP contribution in [0.15, 0.2) is 57.0 Å². The number of likely N-dealkylation sites (tertiary alicyclic amines) is 1. The minimum absolute atomic E-state index is 0.101. The molecule has 1 aromatic carbocycles. The molecule has 1 fully saturated rings. The van der Waals surface area contributed by atoms with E-state index >= 15 is 0 Å². The lowest BCUT2D eigenvalue weighted by Crippen LogP contribution is -2.34. The van der Waals surface area contributed by atoms with Crippen LogP contribution in [0.4, 0.5) is 0 Å². The minimum Gasteiger partial charge on any atom is -0.467 e. The van der Waals surface area contributed by atoms with Gasteiger partial charge in [-0.2, -0.15) is 0 Å². The summed E-state index contributed by atoms with van der Waals surface area (Å²) in [6, 6.07) is 10.9. The molecule has 0 radical (unpaired) electrons. The van der Waals surface area contributed by atoms with Crippen molar-refractivity contribution >= 4 is 28.6 Å². The first-order valence-corrected chi connectivity index (χ1v) is 9.99. The number of furan rings is 1. The quantitative estimate of drug-likeness (QED) is 0.500. The average molecular weight is 383 g/mol. The summed E-state index contributed by atoms with van der Waals surface area (Å²) in [4.78, 5) is 32.3. The second-order valence-corrected chi connectivity index (χ2v) is 7.98. The van der Waals surface area contributed by atoms with Crippen molar-refractivity contribution in [2.24, 2.45) is 0 Å². The predicted molar refractivity (Wildman–Crippen MR) is 105 cm³/mol. The number of thioether (sulfide) groups is 1. The Labute approximate surface area is 161 Å². The number of hydrogen-bond acceptors (Lipinski definition) is 5. The molecular formula is C20H21N3O3S. The number of rotatable bonds is 5. The van der Waals surface area contributed by atoms with E-state index in [0.29, 0.717) is 21.8 Å². The van der Waals surface area contributed by atoms with E-state index in [1.165, 1.54) is 11.8 Å². The van der Waals surface area contributed by atoms with E-state index in [1.54, 1.807) is 23.0 Å². The molecule has 1 atom stereocenters. The van der Waals surface area contributed by atoms with Crippen molar-refractivity contribution in [1.29, 1.82) is 0 Å². The summed E-state index contributed by atoms with van der Waals surface area (Å²) < 4.78 is 7.02. The minimum atomic E-state index is -0.306. The summed E-state index contributed by atoms with van der Waals surface area (Å²) in [5.41, 5.74) is 0.516. The zero-order valence-corrected chi connectivity index (χ0v) is 15.9. The first-order chi connectivity index (χ1) is 13.1. The summed E-state index contributed by atoms with van der Waals surface area (Å²) in [5, 5.41) is 0.793. The first-order valence-electron chi connectivity index (χ1n) is 9.11. The fourth-order valence-electron chi connectivity index (χ4n) is 3.34. The zero-order chi connectivity index (χ0) is 18.8. The van der Waals surface area contributed by atoms with Crippen molar-refractivity contribution in [3.63, 3.8) is 0 Å². The van der Waals surface area contributed by atoms with Crippen LogP contribution in [0.25, 0.3) is 10.9 Å². The summed E-state index contributed by atoms with van der Waals surface area (Å²) >= 11 is 1.33. The third-order valence-electron chi connectivity index (χ3n) is 4.77. The average Bonchev–Trinajstić information content (AvgIpc) is 3.38. The zero-order valence-electron chi connectivity index (χ0n) is 15.1. The van der Waals surface area contributed by atoms with Crippen LogP contribution < -0.4 is 5.56 Å². The highest BCUT2D eigenvalue weighted by Crippen LogP contribution is 2.25. The number of benzene rings is 1. The molecule has 1 saturated heterocycles. The molecule has 0 spiro atoms. The van der Waals surface area contributed by atoms with Gasteiger partial charge in [0.1, 0.15) is 5.76 Å². The van der Waals surface area contributed by atoms with Gasteiger partial charge >= 0.3 is 0 Å². The van der Waals surface area contributed by atoms with E-state index in [-0.39, 0.29) is 23.3 Å². The normalized spacial score (nSPS) is 15.4. The van der Waals surface area contributed by atoms with Crippen LogP contribution in [0.2, 0.25) is 0 Å². The fraction of sp³-hybridized carbons (Fsp3) is 0.350. The number of aromatic nitrogens is 2. The molecule has 0 N–H and O–H groups in total. The van der Waals surface area contributed by atoms with Crippen molar-refractivity contribution in [2.45, 2.75) is 36.7 Å². The van der Waals surface area contributed by atoms with Gasteiger partial charge in [0.25, 0.3) is 5.56 Å². The van der Waals surface area contributed by atoms with Crippen LogP contribution in [-0.2, 0) is 11.3 Å². The molecule has 1 aliphatic rings. The Morgan fingerprint density at radius 2 is 2.00 bits per heavy atom. The highest BCUT2D eigenvalue weighted by atomic mass is 32.2. The van der Waals surface area contributed by atoms with E-state index in [9.17, 15) is 9.59 Å². The molecule has 4 rings (SSSR count). The van der Waals surface area contributed by atoms with Gasteiger partial charge in [-0.3, -0.25) is 14.2 Å². The van der Waals surface area contributed by atoms with Crippen LogP contribution in [-0.4, -0.2) is 38.7 Å². The lowest BCUT2D eigenvalue weighted by Gasteiger charge is -2.21. The maximum Gasteiger partial charge on any atom is 0.262 e. The van der Waals surface area contributed by atoms with Crippen molar-refractivity contribution in [2.75, 3.05) is 13.1 Å². The Hall–Kier alpha value is -2.54. The maximum absolute atomic E-state index is 13.1. The van der Waals surface area contributed by atoms with Crippen LogP contribution in [0.1, 0.15) is 25.5 Å². The summed E-state index contributed by atoms with van der Waals surface area (Å²) in [6.07, 6.45) is 3.70. The monoisotopic (exact) mass is 383 g/mol. The maximum atomic E-state index is 13.1. The molecular weight excluding hydrogens is 362 g/mol. The standard InChI is InChI=1S/C20H21N3O3S/c1-14(18(24)22-10-4-5-11-22)27-20-21-17-9-3-2-8-16(17)19(25)23(20)13-15-7-6-12-26-15/h2-3,6-9,12,14H,4-5,10-11,13H2,1H3. The van der Waals surface area contributed by atoms with E-state index in [1.807, 2.05) is 36.1 Å². The van der Waals surface area contributed by atoms with Gasteiger partial charge in [-0.1, -0.05) is 23.9 Å². The molecule has 1 unspecified atom stereocenters.